The number of nitriles is 1. The van der Waals surface area contributed by atoms with Gasteiger partial charge in [0.15, 0.2) is 5.65 Å². The Hall–Kier alpha value is -5.35. The molecule has 1 N–H and O–H groups in total. The Balaban J connectivity index is 1.30. The summed E-state index contributed by atoms with van der Waals surface area (Å²) in [6.07, 6.45) is 6.49. The quantitative estimate of drug-likeness (QED) is 0.263. The van der Waals surface area contributed by atoms with Gasteiger partial charge in [-0.1, -0.05) is 12.1 Å². The number of fused-ring (bicyclic) bond motifs is 1. The van der Waals surface area contributed by atoms with Gasteiger partial charge >= 0.3 is 6.61 Å². The number of halogens is 2. The Morgan fingerprint density at radius 3 is 2.71 bits per heavy atom. The first kappa shape index (κ1) is 26.9. The monoisotopic (exact) mass is 571 g/mol. The van der Waals surface area contributed by atoms with Crippen LogP contribution in [0.1, 0.15) is 22.3 Å². The minimum Gasteiger partial charge on any atom is -0.457 e. The fourth-order valence-electron chi connectivity index (χ4n) is 4.80. The number of nitrogens with one attached hydrogen (secondary N) is 1. The number of anilines is 1. The molecular formula is C29H23F2N7O4. The molecule has 6 rings (SSSR count). The van der Waals surface area contributed by atoms with Gasteiger partial charge in [-0.25, -0.2) is 9.50 Å². The third-order valence-electron chi connectivity index (χ3n) is 6.90. The summed E-state index contributed by atoms with van der Waals surface area (Å²) in [5.74, 6) is 0.165. The number of alkyl halides is 2. The number of hydrogen-bond donors (Lipinski definition) is 1. The van der Waals surface area contributed by atoms with Crippen molar-refractivity contribution in [3.05, 3.63) is 84.4 Å². The lowest BCUT2D eigenvalue weighted by atomic mass is 9.76. The lowest BCUT2D eigenvalue weighted by Gasteiger charge is -2.40. The van der Waals surface area contributed by atoms with Gasteiger partial charge in [0.2, 0.25) is 0 Å². The molecule has 0 atom stereocenters. The molecule has 0 aliphatic carbocycles. The van der Waals surface area contributed by atoms with Crippen molar-refractivity contribution in [2.24, 2.45) is 7.05 Å². The Morgan fingerprint density at radius 2 is 2.00 bits per heavy atom. The number of hydrogen-bond acceptors (Lipinski definition) is 8. The third-order valence-corrected chi connectivity index (χ3v) is 6.90. The number of amides is 1. The Labute approximate surface area is 237 Å². The van der Waals surface area contributed by atoms with Crippen LogP contribution in [0.3, 0.4) is 0 Å². The number of aromatic nitrogens is 5. The molecule has 1 fully saturated rings. The standard InChI is InChI=1S/C29H23F2N7O4/c1-37-15-23(35-27(39)22-14-34-38-12-2-11-33-26(22)38)25(36-37)21-13-20(7-8-24(21)42-28(30)31)41-19-5-3-18(4-6-19)29(9-10-32)16-40-17-29/h2-8,11-15,28H,9,16-17H2,1H3,(H,35,39). The molecule has 0 saturated carbocycles. The maximum Gasteiger partial charge on any atom is 0.387 e. The molecule has 0 unspecified atom stereocenters. The van der Waals surface area contributed by atoms with E-state index in [0.29, 0.717) is 36.8 Å². The van der Waals surface area contributed by atoms with Crippen molar-refractivity contribution in [1.82, 2.24) is 24.4 Å². The molecule has 212 valence electrons. The maximum atomic E-state index is 13.3. The van der Waals surface area contributed by atoms with Crippen molar-refractivity contribution >= 4 is 17.2 Å². The van der Waals surface area contributed by atoms with E-state index in [1.165, 1.54) is 33.6 Å². The van der Waals surface area contributed by atoms with Crippen LogP contribution >= 0.6 is 0 Å². The van der Waals surface area contributed by atoms with Crippen LogP contribution in [0.15, 0.2) is 73.3 Å². The van der Waals surface area contributed by atoms with Crippen molar-refractivity contribution in [3.63, 3.8) is 0 Å². The first-order chi connectivity index (χ1) is 20.3. The zero-order valence-electron chi connectivity index (χ0n) is 22.2. The highest BCUT2D eigenvalue weighted by Crippen LogP contribution is 2.40. The summed E-state index contributed by atoms with van der Waals surface area (Å²) in [5, 5.41) is 20.5. The summed E-state index contributed by atoms with van der Waals surface area (Å²) in [6.45, 7) is -2.13. The van der Waals surface area contributed by atoms with E-state index in [-0.39, 0.29) is 33.7 Å². The lowest BCUT2D eigenvalue weighted by molar-refractivity contribution is -0.0577. The number of ether oxygens (including phenoxy) is 3. The van der Waals surface area contributed by atoms with E-state index in [1.54, 1.807) is 43.8 Å². The molecule has 1 amide bonds. The van der Waals surface area contributed by atoms with Gasteiger partial charge in [-0.15, -0.1) is 0 Å². The second-order valence-electron chi connectivity index (χ2n) is 9.74. The number of carbonyl (C=O) groups excluding carboxylic acids is 1. The van der Waals surface area contributed by atoms with E-state index in [2.05, 4.69) is 26.6 Å². The summed E-state index contributed by atoms with van der Waals surface area (Å²) in [6, 6.07) is 15.6. The van der Waals surface area contributed by atoms with Crippen LogP contribution in [-0.2, 0) is 17.2 Å². The van der Waals surface area contributed by atoms with Gasteiger partial charge in [-0.05, 0) is 42.0 Å². The molecule has 1 aliphatic heterocycles. The highest BCUT2D eigenvalue weighted by Gasteiger charge is 2.40. The number of nitrogens with zero attached hydrogens (tertiary/aromatic N) is 6. The van der Waals surface area contributed by atoms with E-state index in [0.717, 1.165) is 5.56 Å². The molecule has 3 aromatic heterocycles. The summed E-state index contributed by atoms with van der Waals surface area (Å²) in [5.41, 5.74) is 1.84. The fourth-order valence-corrected chi connectivity index (χ4v) is 4.80. The van der Waals surface area contributed by atoms with Gasteiger partial charge in [0.05, 0.1) is 42.1 Å². The first-order valence-electron chi connectivity index (χ1n) is 12.8. The normalized spacial score (nSPS) is 13.9. The molecule has 42 heavy (non-hydrogen) atoms. The minimum absolute atomic E-state index is 0.150. The van der Waals surface area contributed by atoms with Gasteiger partial charge < -0.3 is 19.5 Å². The van der Waals surface area contributed by atoms with Crippen molar-refractivity contribution < 1.29 is 27.8 Å². The zero-order chi connectivity index (χ0) is 29.3. The lowest BCUT2D eigenvalue weighted by Crippen LogP contribution is -2.46. The molecule has 0 radical (unpaired) electrons. The van der Waals surface area contributed by atoms with E-state index >= 15 is 0 Å². The van der Waals surface area contributed by atoms with Crippen molar-refractivity contribution in [2.45, 2.75) is 18.4 Å². The molecular weight excluding hydrogens is 548 g/mol. The van der Waals surface area contributed by atoms with Gasteiger partial charge in [0.1, 0.15) is 28.5 Å². The average molecular weight is 572 g/mol. The van der Waals surface area contributed by atoms with Crippen molar-refractivity contribution in [3.8, 4) is 34.6 Å². The van der Waals surface area contributed by atoms with E-state index in [9.17, 15) is 18.8 Å². The number of carbonyl (C=O) groups is 1. The van der Waals surface area contributed by atoms with Crippen LogP contribution in [-0.4, -0.2) is 50.1 Å². The van der Waals surface area contributed by atoms with Crippen LogP contribution in [0, 0.1) is 11.3 Å². The van der Waals surface area contributed by atoms with Crippen molar-refractivity contribution in [1.29, 1.82) is 5.26 Å². The molecule has 13 heteroatoms. The Bertz CT molecular complexity index is 1810. The second-order valence-corrected chi connectivity index (χ2v) is 9.74. The van der Waals surface area contributed by atoms with E-state index in [1.807, 2.05) is 12.1 Å². The predicted octanol–water partition coefficient (Wildman–Crippen LogP) is 4.96. The smallest absolute Gasteiger partial charge is 0.387 e. The van der Waals surface area contributed by atoms with Crippen LogP contribution in [0.25, 0.3) is 16.9 Å². The van der Waals surface area contributed by atoms with E-state index in [4.69, 9.17) is 14.2 Å². The summed E-state index contributed by atoms with van der Waals surface area (Å²) >= 11 is 0. The second kappa shape index (κ2) is 10.9. The molecule has 0 bridgehead atoms. The molecule has 2 aromatic carbocycles. The number of rotatable bonds is 9. The SMILES string of the molecule is Cn1cc(NC(=O)c2cnn3cccnc23)c(-c2cc(Oc3ccc(C4(CC#N)COC4)cc3)ccc2OC(F)F)n1. The Kier molecular flexibility index (Phi) is 6.97. The molecule has 0 spiro atoms. The zero-order valence-corrected chi connectivity index (χ0v) is 22.2. The summed E-state index contributed by atoms with van der Waals surface area (Å²) < 4.78 is 45.8. The Morgan fingerprint density at radius 1 is 1.21 bits per heavy atom. The average Bonchev–Trinajstić information content (AvgIpc) is 3.55. The van der Waals surface area contributed by atoms with Crippen molar-refractivity contribution in [2.75, 3.05) is 18.5 Å². The maximum absolute atomic E-state index is 13.3. The predicted molar refractivity (Wildman–Crippen MR) is 145 cm³/mol. The highest BCUT2D eigenvalue weighted by molar-refractivity contribution is 6.09. The van der Waals surface area contributed by atoms with Gasteiger partial charge in [0, 0.05) is 32.1 Å². The van der Waals surface area contributed by atoms with Crippen LogP contribution < -0.4 is 14.8 Å². The van der Waals surface area contributed by atoms with Gasteiger partial charge in [0.25, 0.3) is 5.91 Å². The minimum atomic E-state index is -3.09. The number of benzene rings is 2. The van der Waals surface area contributed by atoms with Gasteiger partial charge in [-0.3, -0.25) is 9.48 Å². The number of aryl methyl sites for hydroxylation is 1. The van der Waals surface area contributed by atoms with Crippen LogP contribution in [0.4, 0.5) is 14.5 Å². The van der Waals surface area contributed by atoms with Crippen LogP contribution in [0.5, 0.6) is 17.2 Å². The molecule has 1 aliphatic rings. The summed E-state index contributed by atoms with van der Waals surface area (Å²) in [7, 11) is 1.64. The first-order valence-corrected chi connectivity index (χ1v) is 12.8. The largest absolute Gasteiger partial charge is 0.457 e. The van der Waals surface area contributed by atoms with E-state index < -0.39 is 12.5 Å². The molecule has 11 nitrogen and oxygen atoms in total. The fraction of sp³-hybridized carbons (Fsp3) is 0.207. The summed E-state index contributed by atoms with van der Waals surface area (Å²) in [4.78, 5) is 17.4. The highest BCUT2D eigenvalue weighted by atomic mass is 19.3. The molecule has 1 saturated heterocycles. The molecule has 4 heterocycles. The van der Waals surface area contributed by atoms with Crippen LogP contribution in [0.2, 0.25) is 0 Å². The third kappa shape index (κ3) is 5.11. The topological polar surface area (TPSA) is 129 Å². The molecule has 5 aromatic rings. The van der Waals surface area contributed by atoms with Gasteiger partial charge in [-0.2, -0.15) is 24.2 Å².